The van der Waals surface area contributed by atoms with E-state index in [9.17, 15) is 4.79 Å². The third-order valence-electron chi connectivity index (χ3n) is 3.48. The molecule has 116 valence electrons. The SMILES string of the molecule is CCOc1ccc(NC(=O)C[NH+]2C[C@H](C)O[C@@H](C)C2)cc1. The summed E-state index contributed by atoms with van der Waals surface area (Å²) in [5, 5.41) is 2.93. The fourth-order valence-electron chi connectivity index (χ4n) is 2.77. The Morgan fingerprint density at radius 3 is 2.48 bits per heavy atom. The number of benzene rings is 1. The molecule has 1 heterocycles. The van der Waals surface area contributed by atoms with Gasteiger partial charge in [-0.2, -0.15) is 0 Å². The van der Waals surface area contributed by atoms with Crippen LogP contribution in [0.3, 0.4) is 0 Å². The number of hydrogen-bond acceptors (Lipinski definition) is 3. The standard InChI is InChI=1S/C16H24N2O3/c1-4-20-15-7-5-14(6-8-15)17-16(19)11-18-9-12(2)21-13(3)10-18/h5-8,12-13H,4,9-11H2,1-3H3,(H,17,19)/p+1/t12-,13-/m0/s1. The zero-order valence-corrected chi connectivity index (χ0v) is 13.0. The number of nitrogens with one attached hydrogen (secondary N) is 2. The molecule has 1 saturated heterocycles. The van der Waals surface area contributed by atoms with Gasteiger partial charge in [0, 0.05) is 5.69 Å². The lowest BCUT2D eigenvalue weighted by Gasteiger charge is -2.31. The molecule has 21 heavy (non-hydrogen) atoms. The number of amides is 1. The van der Waals surface area contributed by atoms with E-state index in [1.54, 1.807) is 0 Å². The molecule has 0 aliphatic carbocycles. The summed E-state index contributed by atoms with van der Waals surface area (Å²) in [4.78, 5) is 13.4. The predicted octanol–water partition coefficient (Wildman–Crippen LogP) is 0.716. The number of quaternary nitrogens is 1. The Hall–Kier alpha value is -1.59. The summed E-state index contributed by atoms with van der Waals surface area (Å²) in [6.45, 7) is 8.93. The van der Waals surface area contributed by atoms with Crippen LogP contribution in [-0.2, 0) is 9.53 Å². The van der Waals surface area contributed by atoms with E-state index in [2.05, 4.69) is 19.2 Å². The lowest BCUT2D eigenvalue weighted by molar-refractivity contribution is -0.907. The molecule has 2 N–H and O–H groups in total. The molecule has 1 fully saturated rings. The highest BCUT2D eigenvalue weighted by Crippen LogP contribution is 2.15. The van der Waals surface area contributed by atoms with Crippen LogP contribution in [0.1, 0.15) is 20.8 Å². The highest BCUT2D eigenvalue weighted by Gasteiger charge is 2.27. The average molecular weight is 293 g/mol. The maximum absolute atomic E-state index is 12.1. The van der Waals surface area contributed by atoms with Crippen LogP contribution in [0.4, 0.5) is 5.69 Å². The molecule has 0 unspecified atom stereocenters. The second kappa shape index (κ2) is 7.43. The van der Waals surface area contributed by atoms with Crippen LogP contribution in [0, 0.1) is 0 Å². The zero-order chi connectivity index (χ0) is 15.2. The topological polar surface area (TPSA) is 52.0 Å². The van der Waals surface area contributed by atoms with Gasteiger partial charge in [0.1, 0.15) is 31.0 Å². The summed E-state index contributed by atoms with van der Waals surface area (Å²) in [5.41, 5.74) is 0.803. The van der Waals surface area contributed by atoms with Crippen molar-refractivity contribution >= 4 is 11.6 Å². The second-order valence-corrected chi connectivity index (χ2v) is 5.60. The summed E-state index contributed by atoms with van der Waals surface area (Å²) >= 11 is 0. The third kappa shape index (κ3) is 5.02. The lowest BCUT2D eigenvalue weighted by atomic mass is 10.2. The first-order valence-corrected chi connectivity index (χ1v) is 7.58. The number of ether oxygens (including phenoxy) is 2. The van der Waals surface area contributed by atoms with Crippen molar-refractivity contribution in [2.75, 3.05) is 31.6 Å². The molecule has 5 nitrogen and oxygen atoms in total. The molecule has 0 bridgehead atoms. The molecule has 1 aromatic carbocycles. The molecule has 2 atom stereocenters. The Morgan fingerprint density at radius 2 is 1.90 bits per heavy atom. The minimum atomic E-state index is 0.0375. The monoisotopic (exact) mass is 293 g/mol. The van der Waals surface area contributed by atoms with Crippen molar-refractivity contribution in [1.29, 1.82) is 0 Å². The van der Waals surface area contributed by atoms with Crippen LogP contribution in [0.15, 0.2) is 24.3 Å². The maximum atomic E-state index is 12.1. The third-order valence-corrected chi connectivity index (χ3v) is 3.48. The van der Waals surface area contributed by atoms with Crippen molar-refractivity contribution < 1.29 is 19.2 Å². The van der Waals surface area contributed by atoms with Gasteiger partial charge in [0.2, 0.25) is 0 Å². The molecule has 0 spiro atoms. The van der Waals surface area contributed by atoms with Crippen LogP contribution in [0.5, 0.6) is 5.75 Å². The van der Waals surface area contributed by atoms with E-state index in [1.165, 1.54) is 4.90 Å². The fraction of sp³-hybridized carbons (Fsp3) is 0.562. The quantitative estimate of drug-likeness (QED) is 0.841. The smallest absolute Gasteiger partial charge is 0.279 e. The van der Waals surface area contributed by atoms with E-state index in [1.807, 2.05) is 31.2 Å². The Bertz CT molecular complexity index is 451. The van der Waals surface area contributed by atoms with Crippen molar-refractivity contribution in [3.8, 4) is 5.75 Å². The van der Waals surface area contributed by atoms with Gasteiger partial charge in [-0.15, -0.1) is 0 Å². The average Bonchev–Trinajstić information content (AvgIpc) is 2.40. The number of morpholine rings is 1. The van der Waals surface area contributed by atoms with E-state index in [4.69, 9.17) is 9.47 Å². The van der Waals surface area contributed by atoms with E-state index < -0.39 is 0 Å². The Balaban J connectivity index is 1.83. The van der Waals surface area contributed by atoms with Gasteiger partial charge in [-0.25, -0.2) is 0 Å². The first-order valence-electron chi connectivity index (χ1n) is 7.58. The second-order valence-electron chi connectivity index (χ2n) is 5.60. The zero-order valence-electron chi connectivity index (χ0n) is 13.0. The normalized spacial score (nSPS) is 25.4. The van der Waals surface area contributed by atoms with Crippen LogP contribution in [0.2, 0.25) is 0 Å². The molecule has 5 heteroatoms. The summed E-state index contributed by atoms with van der Waals surface area (Å²) in [5.74, 6) is 0.854. The van der Waals surface area contributed by atoms with Crippen LogP contribution >= 0.6 is 0 Å². The molecular weight excluding hydrogens is 268 g/mol. The summed E-state index contributed by atoms with van der Waals surface area (Å²) in [7, 11) is 0. The van der Waals surface area contributed by atoms with Gasteiger partial charge in [-0.05, 0) is 45.0 Å². The molecule has 1 aliphatic heterocycles. The number of carbonyl (C=O) groups is 1. The van der Waals surface area contributed by atoms with E-state index >= 15 is 0 Å². The molecule has 0 radical (unpaired) electrons. The van der Waals surface area contributed by atoms with Crippen molar-refractivity contribution in [3.05, 3.63) is 24.3 Å². The number of carbonyl (C=O) groups excluding carboxylic acids is 1. The molecule has 1 aromatic rings. The first-order chi connectivity index (χ1) is 10.1. The van der Waals surface area contributed by atoms with Gasteiger partial charge < -0.3 is 19.7 Å². The van der Waals surface area contributed by atoms with Crippen molar-refractivity contribution in [2.45, 2.75) is 33.0 Å². The van der Waals surface area contributed by atoms with Crippen molar-refractivity contribution in [3.63, 3.8) is 0 Å². The van der Waals surface area contributed by atoms with Crippen LogP contribution in [0.25, 0.3) is 0 Å². The van der Waals surface area contributed by atoms with Crippen LogP contribution in [-0.4, -0.2) is 44.4 Å². The molecule has 1 aliphatic rings. The molecule has 0 aromatic heterocycles. The Morgan fingerprint density at radius 1 is 1.29 bits per heavy atom. The van der Waals surface area contributed by atoms with Gasteiger partial charge in [-0.1, -0.05) is 0 Å². The molecular formula is C16H25N2O3+. The van der Waals surface area contributed by atoms with E-state index in [0.29, 0.717) is 13.2 Å². The minimum absolute atomic E-state index is 0.0375. The largest absolute Gasteiger partial charge is 0.494 e. The lowest BCUT2D eigenvalue weighted by Crippen LogP contribution is -3.16. The van der Waals surface area contributed by atoms with Gasteiger partial charge in [-0.3, -0.25) is 4.79 Å². The van der Waals surface area contributed by atoms with E-state index in [-0.39, 0.29) is 18.1 Å². The van der Waals surface area contributed by atoms with Crippen LogP contribution < -0.4 is 15.0 Å². The van der Waals surface area contributed by atoms with Gasteiger partial charge >= 0.3 is 0 Å². The molecule has 1 amide bonds. The van der Waals surface area contributed by atoms with Crippen molar-refractivity contribution in [2.24, 2.45) is 0 Å². The highest BCUT2D eigenvalue weighted by molar-refractivity contribution is 5.91. The van der Waals surface area contributed by atoms with Gasteiger partial charge in [0.15, 0.2) is 6.54 Å². The minimum Gasteiger partial charge on any atom is -0.494 e. The van der Waals surface area contributed by atoms with Gasteiger partial charge in [0.25, 0.3) is 5.91 Å². The predicted molar refractivity (Wildman–Crippen MR) is 81.8 cm³/mol. The number of hydrogen-bond donors (Lipinski definition) is 2. The fourth-order valence-corrected chi connectivity index (χ4v) is 2.77. The van der Waals surface area contributed by atoms with E-state index in [0.717, 1.165) is 24.5 Å². The molecule has 2 rings (SSSR count). The van der Waals surface area contributed by atoms with Crippen molar-refractivity contribution in [1.82, 2.24) is 0 Å². The maximum Gasteiger partial charge on any atom is 0.279 e. The summed E-state index contributed by atoms with van der Waals surface area (Å²) < 4.78 is 11.1. The molecule has 0 saturated carbocycles. The first kappa shape index (κ1) is 15.8. The van der Waals surface area contributed by atoms with Gasteiger partial charge in [0.05, 0.1) is 6.61 Å². The Kier molecular flexibility index (Phi) is 5.59. The highest BCUT2D eigenvalue weighted by atomic mass is 16.5. The Labute approximate surface area is 126 Å². The number of anilines is 1. The summed E-state index contributed by atoms with van der Waals surface area (Å²) in [6.07, 6.45) is 0.420. The summed E-state index contributed by atoms with van der Waals surface area (Å²) in [6, 6.07) is 7.46. The number of rotatable bonds is 5.